The first-order valence-corrected chi connectivity index (χ1v) is 11.7. The minimum Gasteiger partial charge on any atom is -0.355 e. The number of imidazole rings is 1. The monoisotopic (exact) mass is 451 g/mol. The highest BCUT2D eigenvalue weighted by molar-refractivity contribution is 5.85. The van der Waals surface area contributed by atoms with Crippen LogP contribution in [0.15, 0.2) is 49.1 Å². The summed E-state index contributed by atoms with van der Waals surface area (Å²) in [6.45, 7) is 6.00. The summed E-state index contributed by atoms with van der Waals surface area (Å²) < 4.78 is 2.14. The van der Waals surface area contributed by atoms with Crippen LogP contribution in [0, 0.1) is 25.2 Å². The molecule has 0 atom stereocenters. The Hall–Kier alpha value is -3.76. The van der Waals surface area contributed by atoms with E-state index in [1.807, 2.05) is 49.9 Å². The van der Waals surface area contributed by atoms with Crippen molar-refractivity contribution >= 4 is 11.3 Å². The Kier molecular flexibility index (Phi) is 5.76. The van der Waals surface area contributed by atoms with Crippen molar-refractivity contribution in [1.29, 1.82) is 5.26 Å². The normalized spacial score (nSPS) is 14.6. The lowest BCUT2D eigenvalue weighted by Crippen LogP contribution is -2.42. The molecular weight excluding hydrogens is 422 g/mol. The third kappa shape index (κ3) is 3.91. The number of hydrogen-bond donors (Lipinski definition) is 0. The molecule has 4 aromatic rings. The number of hydrogen-bond acceptors (Lipinski definition) is 6. The van der Waals surface area contributed by atoms with E-state index < -0.39 is 0 Å². The Morgan fingerprint density at radius 3 is 2.41 bits per heavy atom. The molecule has 34 heavy (non-hydrogen) atoms. The molecule has 0 amide bonds. The van der Waals surface area contributed by atoms with Gasteiger partial charge in [0.25, 0.3) is 0 Å². The zero-order valence-electron chi connectivity index (χ0n) is 20.2. The molecule has 7 heteroatoms. The van der Waals surface area contributed by atoms with Crippen molar-refractivity contribution in [3.8, 4) is 28.6 Å². The Morgan fingerprint density at radius 2 is 1.76 bits per heavy atom. The highest BCUT2D eigenvalue weighted by Gasteiger charge is 2.26. The van der Waals surface area contributed by atoms with Gasteiger partial charge in [-0.05, 0) is 64.5 Å². The topological polar surface area (TPSA) is 73.4 Å². The summed E-state index contributed by atoms with van der Waals surface area (Å²) in [6, 6.07) is 12.6. The molecule has 1 aliphatic heterocycles. The van der Waals surface area contributed by atoms with Crippen molar-refractivity contribution in [2.24, 2.45) is 0 Å². The zero-order chi connectivity index (χ0) is 23.8. The van der Waals surface area contributed by atoms with E-state index in [1.54, 1.807) is 0 Å². The quantitative estimate of drug-likeness (QED) is 0.456. The molecule has 3 aromatic heterocycles. The van der Waals surface area contributed by atoms with Crippen molar-refractivity contribution in [3.05, 3.63) is 65.9 Å². The summed E-state index contributed by atoms with van der Waals surface area (Å²) in [5.74, 6) is 0.953. The molecule has 1 aliphatic rings. The standard InChI is InChI=1S/C27H29N7/c1-18-13-22(15-30-19(18)2)26-25(21-7-5-20(14-28)6-8-21)31-27(24-16-29-17-34(24)26)33-11-9-23(10-12-33)32(3)4/h5-8,13,15-17,23H,9-12H2,1-4H3. The summed E-state index contributed by atoms with van der Waals surface area (Å²) in [7, 11) is 4.31. The molecule has 5 rings (SSSR count). The molecule has 0 aliphatic carbocycles. The number of anilines is 1. The van der Waals surface area contributed by atoms with Gasteiger partial charge in [0.15, 0.2) is 5.82 Å². The molecule has 0 unspecified atom stereocenters. The number of piperidine rings is 1. The lowest BCUT2D eigenvalue weighted by Gasteiger charge is -2.36. The lowest BCUT2D eigenvalue weighted by molar-refractivity contribution is 0.249. The van der Waals surface area contributed by atoms with Crippen LogP contribution in [0.2, 0.25) is 0 Å². The molecule has 0 bridgehead atoms. The summed E-state index contributed by atoms with van der Waals surface area (Å²) in [6.07, 6.45) is 7.88. The molecule has 0 N–H and O–H groups in total. The van der Waals surface area contributed by atoms with Crippen molar-refractivity contribution in [2.75, 3.05) is 32.1 Å². The SMILES string of the molecule is Cc1cc(-c2c(-c3ccc(C#N)cc3)nc(N3CCC(N(C)C)CC3)c3cncn23)cnc1C. The predicted molar refractivity (Wildman–Crippen MR) is 135 cm³/mol. The first kappa shape index (κ1) is 22.1. The van der Waals surface area contributed by atoms with E-state index in [2.05, 4.69) is 57.3 Å². The maximum atomic E-state index is 9.28. The van der Waals surface area contributed by atoms with E-state index in [0.717, 1.165) is 71.0 Å². The van der Waals surface area contributed by atoms with Gasteiger partial charge in [0.1, 0.15) is 5.52 Å². The Bertz CT molecular complexity index is 1370. The van der Waals surface area contributed by atoms with Crippen LogP contribution in [0.3, 0.4) is 0 Å². The minimum atomic E-state index is 0.594. The van der Waals surface area contributed by atoms with E-state index in [4.69, 9.17) is 4.98 Å². The zero-order valence-corrected chi connectivity index (χ0v) is 20.2. The number of rotatable bonds is 4. The first-order chi connectivity index (χ1) is 16.5. The van der Waals surface area contributed by atoms with Crippen molar-refractivity contribution < 1.29 is 0 Å². The summed E-state index contributed by atoms with van der Waals surface area (Å²) >= 11 is 0. The number of benzene rings is 1. The Labute approximate surface area is 200 Å². The van der Waals surface area contributed by atoms with Crippen LogP contribution in [0.5, 0.6) is 0 Å². The highest BCUT2D eigenvalue weighted by Crippen LogP contribution is 2.36. The number of aryl methyl sites for hydroxylation is 2. The molecule has 7 nitrogen and oxygen atoms in total. The van der Waals surface area contributed by atoms with Crippen molar-refractivity contribution in [2.45, 2.75) is 32.7 Å². The fourth-order valence-electron chi connectivity index (χ4n) is 4.75. The smallest absolute Gasteiger partial charge is 0.155 e. The van der Waals surface area contributed by atoms with E-state index in [1.165, 1.54) is 0 Å². The van der Waals surface area contributed by atoms with Gasteiger partial charge in [-0.3, -0.25) is 9.38 Å². The second-order valence-corrected chi connectivity index (χ2v) is 9.28. The molecule has 0 spiro atoms. The van der Waals surface area contributed by atoms with Gasteiger partial charge < -0.3 is 9.80 Å². The van der Waals surface area contributed by atoms with Crippen molar-refractivity contribution in [1.82, 2.24) is 24.3 Å². The van der Waals surface area contributed by atoms with Gasteiger partial charge >= 0.3 is 0 Å². The van der Waals surface area contributed by atoms with Crippen LogP contribution < -0.4 is 4.90 Å². The third-order valence-corrected chi connectivity index (χ3v) is 6.95. The molecule has 1 fully saturated rings. The van der Waals surface area contributed by atoms with E-state index >= 15 is 0 Å². The molecule has 172 valence electrons. The van der Waals surface area contributed by atoms with Crippen LogP contribution in [0.4, 0.5) is 5.82 Å². The number of aromatic nitrogens is 4. The van der Waals surface area contributed by atoms with E-state index in [9.17, 15) is 5.26 Å². The lowest BCUT2D eigenvalue weighted by atomic mass is 10.0. The number of pyridine rings is 1. The van der Waals surface area contributed by atoms with Crippen LogP contribution in [-0.4, -0.2) is 57.5 Å². The van der Waals surface area contributed by atoms with Crippen molar-refractivity contribution in [3.63, 3.8) is 0 Å². The predicted octanol–water partition coefficient (Wildman–Crippen LogP) is 4.48. The molecule has 1 aromatic carbocycles. The van der Waals surface area contributed by atoms with Gasteiger partial charge in [0.2, 0.25) is 0 Å². The van der Waals surface area contributed by atoms with Gasteiger partial charge in [-0.2, -0.15) is 5.26 Å². The van der Waals surface area contributed by atoms with Gasteiger partial charge in [-0.25, -0.2) is 9.97 Å². The van der Waals surface area contributed by atoms with Crippen LogP contribution >= 0.6 is 0 Å². The second-order valence-electron chi connectivity index (χ2n) is 9.28. The average molecular weight is 452 g/mol. The number of nitriles is 1. The fraction of sp³-hybridized carbons (Fsp3) is 0.333. The third-order valence-electron chi connectivity index (χ3n) is 6.95. The minimum absolute atomic E-state index is 0.594. The van der Waals surface area contributed by atoms with Gasteiger partial charge in [0, 0.05) is 42.1 Å². The molecular formula is C27H29N7. The summed E-state index contributed by atoms with van der Waals surface area (Å²) in [5, 5.41) is 9.28. The first-order valence-electron chi connectivity index (χ1n) is 11.7. The maximum Gasteiger partial charge on any atom is 0.155 e. The Balaban J connectivity index is 1.70. The van der Waals surface area contributed by atoms with Gasteiger partial charge in [0.05, 0.1) is 35.5 Å². The summed E-state index contributed by atoms with van der Waals surface area (Å²) in [5.41, 5.74) is 7.56. The fourth-order valence-corrected chi connectivity index (χ4v) is 4.75. The maximum absolute atomic E-state index is 9.28. The Morgan fingerprint density at radius 1 is 1.03 bits per heavy atom. The van der Waals surface area contributed by atoms with Crippen LogP contribution in [-0.2, 0) is 0 Å². The molecule has 1 saturated heterocycles. The van der Waals surface area contributed by atoms with Gasteiger partial charge in [-0.1, -0.05) is 12.1 Å². The molecule has 0 saturated carbocycles. The number of nitrogens with zero attached hydrogens (tertiary/aromatic N) is 7. The average Bonchev–Trinajstić information content (AvgIpc) is 3.35. The van der Waals surface area contributed by atoms with Gasteiger partial charge in [-0.15, -0.1) is 0 Å². The molecule has 4 heterocycles. The van der Waals surface area contributed by atoms with E-state index in [0.29, 0.717) is 11.6 Å². The summed E-state index contributed by atoms with van der Waals surface area (Å²) in [4.78, 5) is 19.1. The van der Waals surface area contributed by atoms with Crippen LogP contribution in [0.25, 0.3) is 28.0 Å². The second kappa shape index (κ2) is 8.88. The van der Waals surface area contributed by atoms with Crippen LogP contribution in [0.1, 0.15) is 29.7 Å². The number of fused-ring (bicyclic) bond motifs is 1. The van der Waals surface area contributed by atoms with E-state index in [-0.39, 0.29) is 0 Å². The molecule has 0 radical (unpaired) electrons. The highest BCUT2D eigenvalue weighted by atomic mass is 15.2. The largest absolute Gasteiger partial charge is 0.355 e.